The van der Waals surface area contributed by atoms with E-state index in [2.05, 4.69) is 27.2 Å². The Kier molecular flexibility index (Phi) is 5.78. The summed E-state index contributed by atoms with van der Waals surface area (Å²) in [7, 11) is -1.11. The molecule has 1 fully saturated rings. The second-order valence-electron chi connectivity index (χ2n) is 9.97. The lowest BCUT2D eigenvalue weighted by molar-refractivity contribution is 0.143. The van der Waals surface area contributed by atoms with Crippen molar-refractivity contribution in [1.29, 1.82) is 0 Å². The zero-order valence-corrected chi connectivity index (χ0v) is 20.8. The van der Waals surface area contributed by atoms with Gasteiger partial charge in [-0.2, -0.15) is 4.98 Å². The maximum Gasteiger partial charge on any atom is 0.228 e. The summed E-state index contributed by atoms with van der Waals surface area (Å²) in [5.41, 5.74) is 4.61. The van der Waals surface area contributed by atoms with Crippen molar-refractivity contribution < 1.29 is 9.32 Å². The molecule has 0 radical (unpaired) electrons. The van der Waals surface area contributed by atoms with E-state index in [1.807, 2.05) is 12.1 Å². The number of aliphatic hydroxyl groups is 1. The van der Waals surface area contributed by atoms with Crippen molar-refractivity contribution in [3.63, 3.8) is 0 Å². The number of nitrogens with one attached hydrogen (secondary N) is 1. The van der Waals surface area contributed by atoms with E-state index in [0.717, 1.165) is 80.3 Å². The predicted octanol–water partition coefficient (Wildman–Crippen LogP) is 3.54. The number of aromatic nitrogens is 2. The number of hydrogen-bond donors (Lipinski definition) is 2. The highest BCUT2D eigenvalue weighted by Gasteiger charge is 2.39. The van der Waals surface area contributed by atoms with Gasteiger partial charge in [-0.05, 0) is 73.9 Å². The van der Waals surface area contributed by atoms with Gasteiger partial charge < -0.3 is 20.2 Å². The Morgan fingerprint density at radius 3 is 2.35 bits per heavy atom. The van der Waals surface area contributed by atoms with E-state index in [1.165, 1.54) is 16.8 Å². The maximum atomic E-state index is 13.1. The second kappa shape index (κ2) is 8.81. The molecule has 1 aliphatic carbocycles. The van der Waals surface area contributed by atoms with Crippen LogP contribution in [0.15, 0.2) is 40.3 Å². The van der Waals surface area contributed by atoms with Crippen LogP contribution in [0.5, 0.6) is 0 Å². The molecule has 2 aromatic rings. The predicted molar refractivity (Wildman–Crippen MR) is 136 cm³/mol. The average molecular weight is 500 g/mol. The first-order valence-electron chi connectivity index (χ1n) is 12.2. The molecule has 3 aliphatic heterocycles. The number of hydrogen-bond acceptors (Lipinski definition) is 7. The molecule has 1 aromatic carbocycles. The minimum Gasteiger partial charge on any atom is -0.394 e. The highest BCUT2D eigenvalue weighted by atomic mass is 35.5. The normalized spacial score (nSPS) is 23.4. The second-order valence-corrected chi connectivity index (χ2v) is 11.9. The summed E-state index contributed by atoms with van der Waals surface area (Å²) in [4.78, 5) is 15.3. The lowest BCUT2D eigenvalue weighted by Gasteiger charge is -2.42. The first-order valence-corrected chi connectivity index (χ1v) is 13.9. The van der Waals surface area contributed by atoms with Gasteiger partial charge >= 0.3 is 0 Å². The molecule has 180 valence electrons. The lowest BCUT2D eigenvalue weighted by Crippen LogP contribution is -2.49. The Labute approximate surface area is 207 Å². The van der Waals surface area contributed by atoms with Gasteiger partial charge in [0.2, 0.25) is 5.95 Å². The summed E-state index contributed by atoms with van der Waals surface area (Å²) in [6, 6.07) is 8.03. The first kappa shape index (κ1) is 22.3. The third-order valence-electron chi connectivity index (χ3n) is 7.64. The maximum absolute atomic E-state index is 13.1. The molecule has 1 unspecified atom stereocenters. The fourth-order valence-electron chi connectivity index (χ4n) is 5.48. The van der Waals surface area contributed by atoms with E-state index in [4.69, 9.17) is 21.6 Å². The minimum absolute atomic E-state index is 0.0633. The molecule has 2 N–H and O–H groups in total. The highest BCUT2D eigenvalue weighted by molar-refractivity contribution is 7.85. The summed E-state index contributed by atoms with van der Waals surface area (Å²) < 4.78 is 13.1. The van der Waals surface area contributed by atoms with Gasteiger partial charge in [-0.3, -0.25) is 4.21 Å². The van der Waals surface area contributed by atoms with E-state index in [1.54, 1.807) is 0 Å². The number of fused-ring (bicyclic) bond motifs is 1. The summed E-state index contributed by atoms with van der Waals surface area (Å²) in [6.07, 6.45) is 5.65. The number of nitrogens with zero attached hydrogens (tertiary/aromatic N) is 4. The minimum atomic E-state index is -1.11. The molecular formula is C25H30ClN5O2S. The van der Waals surface area contributed by atoms with Gasteiger partial charge in [-0.1, -0.05) is 11.6 Å². The van der Waals surface area contributed by atoms with Gasteiger partial charge in [0.1, 0.15) is 10.7 Å². The smallest absolute Gasteiger partial charge is 0.228 e. The van der Waals surface area contributed by atoms with Crippen LogP contribution in [0.25, 0.3) is 0 Å². The van der Waals surface area contributed by atoms with E-state index >= 15 is 0 Å². The Hall–Kier alpha value is -2.16. The van der Waals surface area contributed by atoms with Gasteiger partial charge in [0, 0.05) is 42.6 Å². The molecule has 6 rings (SSSR count). The van der Waals surface area contributed by atoms with Gasteiger partial charge in [0.25, 0.3) is 0 Å². The molecular weight excluding hydrogens is 470 g/mol. The molecule has 0 amide bonds. The molecule has 0 saturated heterocycles. The number of halogens is 1. The summed E-state index contributed by atoms with van der Waals surface area (Å²) >= 11 is 6.06. The average Bonchev–Trinajstić information content (AvgIpc) is 3.33. The fourth-order valence-corrected chi connectivity index (χ4v) is 7.00. The van der Waals surface area contributed by atoms with Crippen LogP contribution in [0, 0.1) is 0 Å². The zero-order valence-electron chi connectivity index (χ0n) is 19.2. The number of rotatable bonds is 5. The quantitative estimate of drug-likeness (QED) is 0.609. The van der Waals surface area contributed by atoms with Crippen molar-refractivity contribution in [3.8, 4) is 0 Å². The summed E-state index contributed by atoms with van der Waals surface area (Å²) in [5.74, 6) is 2.03. The van der Waals surface area contributed by atoms with Crippen molar-refractivity contribution in [2.45, 2.75) is 49.0 Å². The van der Waals surface area contributed by atoms with Crippen molar-refractivity contribution in [1.82, 2.24) is 9.97 Å². The molecule has 1 atom stereocenters. The highest BCUT2D eigenvalue weighted by Crippen LogP contribution is 2.39. The van der Waals surface area contributed by atoms with E-state index in [9.17, 15) is 9.32 Å². The third kappa shape index (κ3) is 3.99. The Balaban J connectivity index is 1.25. The number of anilines is 3. The van der Waals surface area contributed by atoms with Crippen LogP contribution >= 0.6 is 11.6 Å². The molecule has 0 bridgehead atoms. The number of benzene rings is 1. The molecule has 1 aromatic heterocycles. The van der Waals surface area contributed by atoms with Crippen LogP contribution in [0.2, 0.25) is 5.02 Å². The fraction of sp³-hybridized carbons (Fsp3) is 0.520. The van der Waals surface area contributed by atoms with Gasteiger partial charge in [-0.25, -0.2) is 4.98 Å². The van der Waals surface area contributed by atoms with Gasteiger partial charge in [0.05, 0.1) is 28.6 Å². The topological polar surface area (TPSA) is 81.6 Å². The van der Waals surface area contributed by atoms with Crippen LogP contribution in [-0.2, 0) is 17.2 Å². The molecule has 34 heavy (non-hydrogen) atoms. The third-order valence-corrected chi connectivity index (χ3v) is 9.44. The van der Waals surface area contributed by atoms with Crippen molar-refractivity contribution in [2.75, 3.05) is 53.7 Å². The number of aryl methyl sites for hydroxylation is 1. The van der Waals surface area contributed by atoms with Crippen molar-refractivity contribution in [3.05, 3.63) is 46.1 Å². The Bertz CT molecular complexity index is 1140. The van der Waals surface area contributed by atoms with Crippen LogP contribution < -0.4 is 15.1 Å². The van der Waals surface area contributed by atoms with Crippen LogP contribution in [-0.4, -0.2) is 63.4 Å². The monoisotopic (exact) mass is 499 g/mol. The molecule has 9 heteroatoms. The zero-order chi connectivity index (χ0) is 23.3. The van der Waals surface area contributed by atoms with E-state index < -0.39 is 10.8 Å². The molecule has 7 nitrogen and oxygen atoms in total. The molecule has 4 aliphatic rings. The first-order chi connectivity index (χ1) is 16.5. The summed E-state index contributed by atoms with van der Waals surface area (Å²) in [5, 5.41) is 14.3. The van der Waals surface area contributed by atoms with E-state index in [0.29, 0.717) is 17.5 Å². The molecule has 0 spiro atoms. The van der Waals surface area contributed by atoms with E-state index in [-0.39, 0.29) is 12.1 Å². The van der Waals surface area contributed by atoms with Crippen LogP contribution in [0.4, 0.5) is 17.5 Å². The molecule has 4 heterocycles. The lowest BCUT2D eigenvalue weighted by atomic mass is 9.77. The van der Waals surface area contributed by atoms with Crippen LogP contribution in [0.3, 0.4) is 0 Å². The standard InChI is InChI=1S/C25H30ClN5O2S/c26-19-5-7-20(8-6-19)30-12-17-14-31(15-18(17)13-30)24-27-21-4-1-2-11-34(33)22(21)23(28-24)29-25(16-32)9-3-10-25/h5-8,32H,1-4,9-16H2,(H,27,28,29). The van der Waals surface area contributed by atoms with Gasteiger partial charge in [0.15, 0.2) is 0 Å². The van der Waals surface area contributed by atoms with Crippen LogP contribution in [0.1, 0.15) is 37.8 Å². The Morgan fingerprint density at radius 1 is 1.00 bits per heavy atom. The van der Waals surface area contributed by atoms with Gasteiger partial charge in [-0.15, -0.1) is 0 Å². The largest absolute Gasteiger partial charge is 0.394 e. The Morgan fingerprint density at radius 2 is 1.71 bits per heavy atom. The summed E-state index contributed by atoms with van der Waals surface area (Å²) in [6.45, 7) is 3.49. The molecule has 1 saturated carbocycles. The van der Waals surface area contributed by atoms with Crippen molar-refractivity contribution >= 4 is 39.9 Å². The van der Waals surface area contributed by atoms with Crippen molar-refractivity contribution in [2.24, 2.45) is 0 Å². The SMILES string of the molecule is O=S1CCCCc2nc(N3CC4=C(CN(c5ccc(Cl)cc5)C4)C3)nc(NC3(CO)CCC3)c21. The number of aliphatic hydroxyl groups excluding tert-OH is 1.